The van der Waals surface area contributed by atoms with Crippen LogP contribution in [0.3, 0.4) is 0 Å². The lowest BCUT2D eigenvalue weighted by Crippen LogP contribution is -2.50. The van der Waals surface area contributed by atoms with E-state index in [4.69, 9.17) is 51.5 Å². The summed E-state index contributed by atoms with van der Waals surface area (Å²) in [6, 6.07) is -1.79. The van der Waals surface area contributed by atoms with Gasteiger partial charge in [-0.1, -0.05) is 46.4 Å². The Labute approximate surface area is 144 Å². The number of carbonyl (C=O) groups excluding carboxylic acids is 2. The number of carboxylic acid groups (broad SMARTS) is 1. The van der Waals surface area contributed by atoms with Crippen molar-refractivity contribution >= 4 is 64.2 Å². The van der Waals surface area contributed by atoms with Gasteiger partial charge in [-0.25, -0.2) is 4.79 Å². The van der Waals surface area contributed by atoms with E-state index in [0.717, 1.165) is 6.92 Å². The van der Waals surface area contributed by atoms with Crippen LogP contribution in [0.15, 0.2) is 0 Å². The Morgan fingerprint density at radius 1 is 0.955 bits per heavy atom. The number of aliphatic hydroxyl groups excluding tert-OH is 1. The van der Waals surface area contributed by atoms with E-state index in [9.17, 15) is 19.5 Å². The van der Waals surface area contributed by atoms with Crippen LogP contribution in [-0.2, 0) is 4.79 Å². The quantitative estimate of drug-likeness (QED) is 0.473. The number of carbonyl (C=O) groups is 3. The molecule has 0 saturated heterocycles. The van der Waals surface area contributed by atoms with Crippen molar-refractivity contribution in [1.29, 1.82) is 0 Å². The van der Waals surface area contributed by atoms with Crippen molar-refractivity contribution < 1.29 is 24.6 Å². The summed E-state index contributed by atoms with van der Waals surface area (Å²) in [5.41, 5.74) is -0.670. The summed E-state index contributed by atoms with van der Waals surface area (Å²) in [4.78, 5) is 36.4. The molecule has 2 N–H and O–H groups in total. The third kappa shape index (κ3) is 2.35. The zero-order valence-corrected chi connectivity index (χ0v) is 13.8. The average molecular weight is 387 g/mol. The molecule has 118 valence electrons. The Morgan fingerprint density at radius 3 is 1.59 bits per heavy atom. The molecule has 0 radical (unpaired) electrons. The van der Waals surface area contributed by atoms with Gasteiger partial charge >= 0.3 is 5.97 Å². The molecule has 1 aromatic rings. The van der Waals surface area contributed by atoms with Crippen molar-refractivity contribution in [2.24, 2.45) is 0 Å². The fourth-order valence-electron chi connectivity index (χ4n) is 2.15. The summed E-state index contributed by atoms with van der Waals surface area (Å²) >= 11 is 23.5. The summed E-state index contributed by atoms with van der Waals surface area (Å²) in [6.07, 6.45) is -1.51. The summed E-state index contributed by atoms with van der Waals surface area (Å²) in [7, 11) is 0. The van der Waals surface area contributed by atoms with Gasteiger partial charge < -0.3 is 10.2 Å². The number of fused-ring (bicyclic) bond motifs is 1. The van der Waals surface area contributed by atoms with Gasteiger partial charge in [0.2, 0.25) is 0 Å². The van der Waals surface area contributed by atoms with Crippen molar-refractivity contribution in [1.82, 2.24) is 4.90 Å². The molecule has 0 fully saturated rings. The third-order valence-electron chi connectivity index (χ3n) is 3.12. The molecule has 2 atom stereocenters. The fourth-order valence-corrected chi connectivity index (χ4v) is 3.17. The molecule has 1 heterocycles. The Hall–Kier alpha value is -1.05. The number of aliphatic hydroxyl groups is 1. The van der Waals surface area contributed by atoms with Gasteiger partial charge in [0.15, 0.2) is 6.04 Å². The van der Waals surface area contributed by atoms with Gasteiger partial charge in [-0.05, 0) is 6.92 Å². The highest BCUT2D eigenvalue weighted by Gasteiger charge is 2.48. The molecule has 22 heavy (non-hydrogen) atoms. The van der Waals surface area contributed by atoms with Crippen LogP contribution in [0.4, 0.5) is 0 Å². The van der Waals surface area contributed by atoms with Crippen molar-refractivity contribution in [3.8, 4) is 0 Å². The minimum absolute atomic E-state index is 0.223. The van der Waals surface area contributed by atoms with E-state index >= 15 is 0 Å². The number of benzene rings is 1. The predicted octanol–water partition coefficient (Wildman–Crippen LogP) is 2.73. The minimum Gasteiger partial charge on any atom is -0.480 e. The molecule has 0 aliphatic carbocycles. The molecule has 0 spiro atoms. The second-order valence-electron chi connectivity index (χ2n) is 4.51. The predicted molar refractivity (Wildman–Crippen MR) is 80.1 cm³/mol. The van der Waals surface area contributed by atoms with Gasteiger partial charge in [-0.3, -0.25) is 14.5 Å². The molecule has 0 aromatic heterocycles. The Morgan fingerprint density at radius 2 is 1.32 bits per heavy atom. The second kappa shape index (κ2) is 5.86. The number of hydrogen-bond acceptors (Lipinski definition) is 4. The van der Waals surface area contributed by atoms with E-state index in [-0.39, 0.29) is 31.2 Å². The maximum atomic E-state index is 12.4. The Bertz CT molecular complexity index is 671. The topological polar surface area (TPSA) is 94.9 Å². The zero-order chi connectivity index (χ0) is 16.9. The average Bonchev–Trinajstić information content (AvgIpc) is 2.67. The van der Waals surface area contributed by atoms with Crippen molar-refractivity contribution in [3.63, 3.8) is 0 Å². The standard InChI is InChI=1S/C12H7Cl4NO5/c1-2(18)9(12(21)22)17-10(19)3-4(11(17)20)6(14)8(16)7(15)5(3)13/h2,9,18H,1H3,(H,21,22)/t2-,9-/m0/s1. The van der Waals surface area contributed by atoms with E-state index in [1.165, 1.54) is 0 Å². The monoisotopic (exact) mass is 385 g/mol. The van der Waals surface area contributed by atoms with Crippen molar-refractivity contribution in [3.05, 3.63) is 31.2 Å². The third-order valence-corrected chi connectivity index (χ3v) is 4.92. The van der Waals surface area contributed by atoms with Crippen LogP contribution in [-0.4, -0.2) is 45.0 Å². The number of halogens is 4. The number of imide groups is 1. The lowest BCUT2D eigenvalue weighted by atomic mass is 10.1. The maximum absolute atomic E-state index is 12.4. The summed E-state index contributed by atoms with van der Waals surface area (Å²) in [5.74, 6) is -3.59. The fraction of sp³-hybridized carbons (Fsp3) is 0.250. The molecule has 0 bridgehead atoms. The molecule has 2 amide bonds. The van der Waals surface area contributed by atoms with Crippen LogP contribution in [0.25, 0.3) is 0 Å². The van der Waals surface area contributed by atoms with E-state index in [1.54, 1.807) is 0 Å². The summed E-state index contributed by atoms with van der Waals surface area (Å²) < 4.78 is 0. The van der Waals surface area contributed by atoms with Crippen LogP contribution < -0.4 is 0 Å². The lowest BCUT2D eigenvalue weighted by molar-refractivity contribution is -0.145. The highest BCUT2D eigenvalue weighted by molar-refractivity contribution is 6.55. The highest BCUT2D eigenvalue weighted by Crippen LogP contribution is 2.45. The zero-order valence-electron chi connectivity index (χ0n) is 10.7. The molecular formula is C12H7Cl4NO5. The number of rotatable bonds is 3. The van der Waals surface area contributed by atoms with Gasteiger partial charge in [0, 0.05) is 0 Å². The molecule has 2 rings (SSSR count). The summed E-state index contributed by atoms with van der Waals surface area (Å²) in [6.45, 7) is 1.13. The molecular weight excluding hydrogens is 380 g/mol. The molecule has 10 heteroatoms. The molecule has 0 saturated carbocycles. The van der Waals surface area contributed by atoms with Crippen LogP contribution in [0.2, 0.25) is 20.1 Å². The first-order valence-electron chi connectivity index (χ1n) is 5.75. The largest absolute Gasteiger partial charge is 0.480 e. The van der Waals surface area contributed by atoms with Gasteiger partial charge in [0.05, 0.1) is 37.3 Å². The number of hydrogen-bond donors (Lipinski definition) is 2. The van der Waals surface area contributed by atoms with Crippen molar-refractivity contribution in [2.45, 2.75) is 19.1 Å². The first kappa shape index (κ1) is 17.3. The highest BCUT2D eigenvalue weighted by atomic mass is 35.5. The van der Waals surface area contributed by atoms with E-state index in [1.807, 2.05) is 0 Å². The normalized spacial score (nSPS) is 16.7. The van der Waals surface area contributed by atoms with Crippen LogP contribution in [0.5, 0.6) is 0 Å². The first-order valence-corrected chi connectivity index (χ1v) is 7.27. The van der Waals surface area contributed by atoms with Gasteiger partial charge in [0.25, 0.3) is 11.8 Å². The SMILES string of the molecule is C[C@H](O)[C@@H](C(=O)O)N1C(=O)c2c(Cl)c(Cl)c(Cl)c(Cl)c2C1=O. The molecule has 1 aromatic carbocycles. The number of nitrogens with zero attached hydrogens (tertiary/aromatic N) is 1. The van der Waals surface area contributed by atoms with Crippen LogP contribution >= 0.6 is 46.4 Å². The van der Waals surface area contributed by atoms with Crippen molar-refractivity contribution in [2.75, 3.05) is 0 Å². The lowest BCUT2D eigenvalue weighted by Gasteiger charge is -2.24. The van der Waals surface area contributed by atoms with Crippen LogP contribution in [0, 0.1) is 0 Å². The molecule has 0 unspecified atom stereocenters. The van der Waals surface area contributed by atoms with Gasteiger partial charge in [-0.2, -0.15) is 0 Å². The van der Waals surface area contributed by atoms with E-state index in [2.05, 4.69) is 0 Å². The maximum Gasteiger partial charge on any atom is 0.329 e. The number of aliphatic carboxylic acids is 1. The first-order chi connectivity index (χ1) is 10.1. The van der Waals surface area contributed by atoms with Crippen LogP contribution in [0.1, 0.15) is 27.6 Å². The second-order valence-corrected chi connectivity index (χ2v) is 6.02. The van der Waals surface area contributed by atoms with E-state index in [0.29, 0.717) is 4.90 Å². The van der Waals surface area contributed by atoms with Gasteiger partial charge in [-0.15, -0.1) is 0 Å². The van der Waals surface area contributed by atoms with E-state index < -0.39 is 29.9 Å². The Kier molecular flexibility index (Phi) is 4.61. The smallest absolute Gasteiger partial charge is 0.329 e. The molecule has 6 nitrogen and oxygen atoms in total. The minimum atomic E-state index is -1.79. The number of amides is 2. The van der Waals surface area contributed by atoms with Gasteiger partial charge in [0.1, 0.15) is 0 Å². The molecule has 1 aliphatic rings. The number of carboxylic acids is 1. The summed E-state index contributed by atoms with van der Waals surface area (Å²) in [5, 5.41) is 17.6. The molecule has 1 aliphatic heterocycles. The Balaban J connectivity index is 2.71.